The van der Waals surface area contributed by atoms with Gasteiger partial charge in [-0.2, -0.15) is 10.5 Å². The van der Waals surface area contributed by atoms with Crippen molar-refractivity contribution in [1.29, 1.82) is 10.5 Å². The van der Waals surface area contributed by atoms with Gasteiger partial charge in [-0.15, -0.1) is 0 Å². The molecule has 1 aromatic rings. The zero-order chi connectivity index (χ0) is 11.6. The highest BCUT2D eigenvalue weighted by Gasteiger charge is 1.95. The van der Waals surface area contributed by atoms with Crippen molar-refractivity contribution < 1.29 is 4.84 Å². The van der Waals surface area contributed by atoms with Crippen molar-refractivity contribution in [3.05, 3.63) is 60.0 Å². The van der Waals surface area contributed by atoms with Crippen LogP contribution in [0.15, 0.2) is 48.9 Å². The molecule has 2 rings (SSSR count). The van der Waals surface area contributed by atoms with Crippen LogP contribution in [-0.4, -0.2) is 0 Å². The first-order valence-electron chi connectivity index (χ1n) is 4.50. The lowest BCUT2D eigenvalue weighted by atomic mass is 10.1. The second kappa shape index (κ2) is 6.69. The van der Waals surface area contributed by atoms with E-state index in [1.54, 1.807) is 42.8 Å². The Kier molecular flexibility index (Phi) is 4.75. The lowest BCUT2D eigenvalue weighted by molar-refractivity contribution is 0.172. The average molecular weight is 211 g/mol. The zero-order valence-corrected chi connectivity index (χ0v) is 8.42. The van der Waals surface area contributed by atoms with Crippen molar-refractivity contribution in [3.8, 4) is 12.1 Å². The van der Waals surface area contributed by atoms with Crippen LogP contribution in [0.3, 0.4) is 0 Å². The standard InChI is InChI=1S/C8H4N2.C4H5NO/c9-5-7-3-1-2-4-8(7)6-10;1-2-4-6-5-3-1/h1-4H;1-5H. The molecule has 4 heteroatoms. The van der Waals surface area contributed by atoms with Crippen LogP contribution in [0.1, 0.15) is 11.1 Å². The molecular weight excluding hydrogens is 202 g/mol. The van der Waals surface area contributed by atoms with Gasteiger partial charge in [-0.1, -0.05) is 12.1 Å². The highest BCUT2D eigenvalue weighted by atomic mass is 16.6. The fourth-order valence-electron chi connectivity index (χ4n) is 0.936. The molecule has 1 aliphatic heterocycles. The van der Waals surface area contributed by atoms with Crippen LogP contribution < -0.4 is 5.48 Å². The second-order valence-electron chi connectivity index (χ2n) is 2.69. The summed E-state index contributed by atoms with van der Waals surface area (Å²) in [4.78, 5) is 4.55. The van der Waals surface area contributed by atoms with Crippen LogP contribution in [0.2, 0.25) is 0 Å². The topological polar surface area (TPSA) is 68.8 Å². The minimum atomic E-state index is 0.435. The van der Waals surface area contributed by atoms with E-state index in [1.165, 1.54) is 0 Å². The van der Waals surface area contributed by atoms with Crippen molar-refractivity contribution in [2.24, 2.45) is 0 Å². The van der Waals surface area contributed by atoms with Crippen molar-refractivity contribution in [1.82, 2.24) is 5.48 Å². The number of nitrogens with one attached hydrogen (secondary N) is 1. The summed E-state index contributed by atoms with van der Waals surface area (Å²) in [5.74, 6) is 0. The van der Waals surface area contributed by atoms with E-state index in [1.807, 2.05) is 18.2 Å². The van der Waals surface area contributed by atoms with Gasteiger partial charge < -0.3 is 4.84 Å². The van der Waals surface area contributed by atoms with Gasteiger partial charge in [0, 0.05) is 6.20 Å². The molecule has 0 bridgehead atoms. The van der Waals surface area contributed by atoms with Crippen molar-refractivity contribution in [2.45, 2.75) is 0 Å². The molecule has 0 saturated carbocycles. The van der Waals surface area contributed by atoms with Crippen LogP contribution in [0, 0.1) is 22.7 Å². The molecule has 0 aromatic heterocycles. The molecule has 78 valence electrons. The van der Waals surface area contributed by atoms with Gasteiger partial charge in [-0.05, 0) is 24.3 Å². The molecule has 0 radical (unpaired) electrons. The van der Waals surface area contributed by atoms with Crippen LogP contribution >= 0.6 is 0 Å². The lowest BCUT2D eigenvalue weighted by Crippen LogP contribution is -2.01. The van der Waals surface area contributed by atoms with Gasteiger partial charge in [0.05, 0.1) is 11.1 Å². The maximum atomic E-state index is 8.45. The fourth-order valence-corrected chi connectivity index (χ4v) is 0.936. The first kappa shape index (κ1) is 11.4. The number of rotatable bonds is 0. The molecule has 1 aliphatic rings. The van der Waals surface area contributed by atoms with Gasteiger partial charge >= 0.3 is 0 Å². The Morgan fingerprint density at radius 2 is 1.62 bits per heavy atom. The maximum absolute atomic E-state index is 8.45. The number of hydroxylamine groups is 1. The molecule has 0 amide bonds. The normalized spacial score (nSPS) is 10.9. The summed E-state index contributed by atoms with van der Waals surface area (Å²) in [6, 6.07) is 10.6. The maximum Gasteiger partial charge on any atom is 0.119 e. The molecule has 0 saturated heterocycles. The van der Waals surface area contributed by atoms with E-state index in [4.69, 9.17) is 10.5 Å². The summed E-state index contributed by atoms with van der Waals surface area (Å²) in [5.41, 5.74) is 3.39. The van der Waals surface area contributed by atoms with Gasteiger partial charge in [0.15, 0.2) is 0 Å². The molecule has 0 spiro atoms. The third-order valence-corrected chi connectivity index (χ3v) is 1.66. The zero-order valence-electron chi connectivity index (χ0n) is 8.42. The molecule has 0 atom stereocenters. The quantitative estimate of drug-likeness (QED) is 0.712. The second-order valence-corrected chi connectivity index (χ2v) is 2.69. The van der Waals surface area contributed by atoms with Crippen molar-refractivity contribution in [3.63, 3.8) is 0 Å². The minimum Gasteiger partial charge on any atom is -0.391 e. The Balaban J connectivity index is 0.000000181. The number of benzene rings is 1. The third kappa shape index (κ3) is 3.57. The van der Waals surface area contributed by atoms with Gasteiger partial charge in [-0.25, -0.2) is 5.48 Å². The number of hydrogen-bond donors (Lipinski definition) is 1. The largest absolute Gasteiger partial charge is 0.391 e. The van der Waals surface area contributed by atoms with Crippen LogP contribution in [0.4, 0.5) is 0 Å². The van der Waals surface area contributed by atoms with E-state index < -0.39 is 0 Å². The van der Waals surface area contributed by atoms with Crippen molar-refractivity contribution >= 4 is 0 Å². The molecule has 1 aromatic carbocycles. The lowest BCUT2D eigenvalue weighted by Gasteiger charge is -1.97. The van der Waals surface area contributed by atoms with E-state index in [-0.39, 0.29) is 0 Å². The SMILES string of the molecule is C1=CNOC=C1.N#Cc1ccccc1C#N. The van der Waals surface area contributed by atoms with Crippen LogP contribution in [0.25, 0.3) is 0 Å². The monoisotopic (exact) mass is 211 g/mol. The number of nitrogens with zero attached hydrogens (tertiary/aromatic N) is 2. The highest BCUT2D eigenvalue weighted by molar-refractivity contribution is 5.44. The molecule has 0 unspecified atom stereocenters. The van der Waals surface area contributed by atoms with E-state index >= 15 is 0 Å². The third-order valence-electron chi connectivity index (χ3n) is 1.66. The van der Waals surface area contributed by atoms with E-state index in [9.17, 15) is 0 Å². The first-order valence-corrected chi connectivity index (χ1v) is 4.50. The fraction of sp³-hybridized carbons (Fsp3) is 0. The summed E-state index contributed by atoms with van der Waals surface area (Å²) in [5, 5.41) is 16.9. The van der Waals surface area contributed by atoms with Crippen LogP contribution in [0.5, 0.6) is 0 Å². The van der Waals surface area contributed by atoms with Crippen molar-refractivity contribution in [2.75, 3.05) is 0 Å². The molecule has 0 fully saturated rings. The molecule has 1 heterocycles. The average Bonchev–Trinajstić information content (AvgIpc) is 2.41. The molecule has 1 N–H and O–H groups in total. The van der Waals surface area contributed by atoms with E-state index in [0.29, 0.717) is 11.1 Å². The van der Waals surface area contributed by atoms with E-state index in [0.717, 1.165) is 0 Å². The summed E-state index contributed by atoms with van der Waals surface area (Å²) in [6.07, 6.45) is 6.93. The summed E-state index contributed by atoms with van der Waals surface area (Å²) >= 11 is 0. The predicted octanol–water partition coefficient (Wildman–Crippen LogP) is 1.98. The van der Waals surface area contributed by atoms with Gasteiger partial charge in [0.2, 0.25) is 0 Å². The summed E-state index contributed by atoms with van der Waals surface area (Å²) in [6.45, 7) is 0. The Bertz CT molecular complexity index is 433. The smallest absolute Gasteiger partial charge is 0.119 e. The summed E-state index contributed by atoms with van der Waals surface area (Å²) in [7, 11) is 0. The number of hydrogen-bond acceptors (Lipinski definition) is 4. The molecular formula is C12H9N3O. The Labute approximate surface area is 93.6 Å². The molecule has 4 nitrogen and oxygen atoms in total. The molecule has 16 heavy (non-hydrogen) atoms. The highest BCUT2D eigenvalue weighted by Crippen LogP contribution is 2.03. The van der Waals surface area contributed by atoms with E-state index in [2.05, 4.69) is 10.3 Å². The molecule has 0 aliphatic carbocycles. The predicted molar refractivity (Wildman–Crippen MR) is 58.4 cm³/mol. The van der Waals surface area contributed by atoms with Crippen LogP contribution in [-0.2, 0) is 4.84 Å². The number of allylic oxidation sites excluding steroid dienone is 2. The minimum absolute atomic E-state index is 0.435. The van der Waals surface area contributed by atoms with Gasteiger partial charge in [0.1, 0.15) is 18.4 Å². The van der Waals surface area contributed by atoms with Gasteiger partial charge in [-0.3, -0.25) is 0 Å². The van der Waals surface area contributed by atoms with Gasteiger partial charge in [0.25, 0.3) is 0 Å². The Morgan fingerprint density at radius 1 is 1.00 bits per heavy atom. The first-order chi connectivity index (χ1) is 7.88. The Hall–Kier alpha value is -2.72. The number of nitriles is 2. The Morgan fingerprint density at radius 3 is 1.88 bits per heavy atom. The summed E-state index contributed by atoms with van der Waals surface area (Å²) < 4.78 is 0.